The van der Waals surface area contributed by atoms with Crippen LogP contribution in [-0.4, -0.2) is 19.6 Å². The minimum atomic E-state index is -0.232. The number of hydrogen-bond donors (Lipinski definition) is 1. The average Bonchev–Trinajstić information content (AvgIpc) is 3.03. The lowest BCUT2D eigenvalue weighted by Gasteiger charge is -2.10. The molecule has 4 nitrogen and oxygen atoms in total. The summed E-state index contributed by atoms with van der Waals surface area (Å²) < 4.78 is 10.3. The van der Waals surface area contributed by atoms with Crippen LogP contribution in [0.2, 0.25) is 0 Å². The van der Waals surface area contributed by atoms with Gasteiger partial charge in [0.05, 0.1) is 12.2 Å². The number of epoxide rings is 1. The number of rotatable bonds is 2. The Morgan fingerprint density at radius 3 is 2.93 bits per heavy atom. The molecule has 2 aliphatic heterocycles. The zero-order valence-electron chi connectivity index (χ0n) is 8.37. The van der Waals surface area contributed by atoms with Crippen LogP contribution in [0, 0.1) is 0 Å². The Bertz CT molecular complexity index is 438. The van der Waals surface area contributed by atoms with Crippen molar-refractivity contribution in [2.75, 3.05) is 19.0 Å². The van der Waals surface area contributed by atoms with E-state index in [4.69, 9.17) is 9.47 Å². The summed E-state index contributed by atoms with van der Waals surface area (Å²) in [5.74, 6) is -0.232. The maximum atomic E-state index is 11.3. The van der Waals surface area contributed by atoms with Gasteiger partial charge in [0.1, 0.15) is 12.7 Å². The van der Waals surface area contributed by atoms with Crippen LogP contribution in [0.3, 0.4) is 0 Å². The van der Waals surface area contributed by atoms with Gasteiger partial charge in [-0.15, -0.1) is 0 Å². The lowest BCUT2D eigenvalue weighted by Crippen LogP contribution is -2.01. The normalized spacial score (nSPS) is 22.2. The highest BCUT2D eigenvalue weighted by molar-refractivity contribution is 5.95. The number of fused-ring (bicyclic) bond motifs is 1. The molecule has 0 aromatic heterocycles. The Kier molecular flexibility index (Phi) is 1.73. The fraction of sp³-hybridized carbons (Fsp3) is 0.364. The van der Waals surface area contributed by atoms with Gasteiger partial charge >= 0.3 is 5.97 Å². The van der Waals surface area contributed by atoms with Crippen LogP contribution in [0.1, 0.15) is 27.6 Å². The standard InChI is InChI=1S/C11H11NO3/c1-12-10-7(9-5-14-9)3-2-6-8(10)4-15-11(6)13/h2-3,9,12H,4-5H2,1H3. The first kappa shape index (κ1) is 8.73. The van der Waals surface area contributed by atoms with E-state index in [1.54, 1.807) is 0 Å². The summed E-state index contributed by atoms with van der Waals surface area (Å²) in [6, 6.07) is 3.76. The molecule has 1 atom stereocenters. The number of carbonyl (C=O) groups excluding carboxylic acids is 1. The quantitative estimate of drug-likeness (QED) is 0.586. The minimum absolute atomic E-state index is 0.188. The molecular formula is C11H11NO3. The van der Waals surface area contributed by atoms with Gasteiger partial charge in [-0.3, -0.25) is 0 Å². The van der Waals surface area contributed by atoms with Crippen molar-refractivity contribution in [3.63, 3.8) is 0 Å². The van der Waals surface area contributed by atoms with Gasteiger partial charge in [-0.25, -0.2) is 4.79 Å². The summed E-state index contributed by atoms with van der Waals surface area (Å²) in [4.78, 5) is 11.3. The van der Waals surface area contributed by atoms with Crippen LogP contribution < -0.4 is 5.32 Å². The molecule has 2 aliphatic rings. The van der Waals surface area contributed by atoms with E-state index < -0.39 is 0 Å². The first-order valence-electron chi connectivity index (χ1n) is 4.93. The van der Waals surface area contributed by atoms with Crippen LogP contribution in [0.15, 0.2) is 12.1 Å². The summed E-state index contributed by atoms with van der Waals surface area (Å²) in [6.07, 6.45) is 0.188. The summed E-state index contributed by atoms with van der Waals surface area (Å²) in [5, 5.41) is 3.13. The van der Waals surface area contributed by atoms with Crippen molar-refractivity contribution in [3.8, 4) is 0 Å². The van der Waals surface area contributed by atoms with E-state index in [0.717, 1.165) is 23.4 Å². The number of nitrogens with one attached hydrogen (secondary N) is 1. The highest BCUT2D eigenvalue weighted by Gasteiger charge is 2.32. The van der Waals surface area contributed by atoms with E-state index in [1.807, 2.05) is 19.2 Å². The summed E-state index contributed by atoms with van der Waals surface area (Å²) in [7, 11) is 1.85. The Balaban J connectivity index is 2.16. The van der Waals surface area contributed by atoms with Crippen molar-refractivity contribution in [2.45, 2.75) is 12.7 Å². The van der Waals surface area contributed by atoms with Crippen molar-refractivity contribution in [3.05, 3.63) is 28.8 Å². The van der Waals surface area contributed by atoms with Crippen molar-refractivity contribution < 1.29 is 14.3 Å². The third kappa shape index (κ3) is 1.22. The van der Waals surface area contributed by atoms with Gasteiger partial charge in [0.25, 0.3) is 0 Å². The largest absolute Gasteiger partial charge is 0.457 e. The molecule has 1 aromatic carbocycles. The highest BCUT2D eigenvalue weighted by atomic mass is 16.6. The maximum absolute atomic E-state index is 11.3. The number of benzene rings is 1. The summed E-state index contributed by atoms with van der Waals surface area (Å²) in [6.45, 7) is 1.13. The zero-order chi connectivity index (χ0) is 10.4. The molecule has 1 saturated heterocycles. The Hall–Kier alpha value is -1.55. The Labute approximate surface area is 87.2 Å². The number of hydrogen-bond acceptors (Lipinski definition) is 4. The molecule has 1 unspecified atom stereocenters. The fourth-order valence-corrected chi connectivity index (χ4v) is 2.01. The van der Waals surface area contributed by atoms with Gasteiger partial charge in [-0.05, 0) is 6.07 Å². The van der Waals surface area contributed by atoms with E-state index in [2.05, 4.69) is 5.32 Å². The van der Waals surface area contributed by atoms with E-state index >= 15 is 0 Å². The topological polar surface area (TPSA) is 50.9 Å². The van der Waals surface area contributed by atoms with Crippen molar-refractivity contribution in [2.24, 2.45) is 0 Å². The van der Waals surface area contributed by atoms with Gasteiger partial charge in [0.2, 0.25) is 0 Å². The van der Waals surface area contributed by atoms with Crippen molar-refractivity contribution in [1.29, 1.82) is 0 Å². The van der Waals surface area contributed by atoms with Crippen LogP contribution >= 0.6 is 0 Å². The first-order valence-corrected chi connectivity index (χ1v) is 4.93. The SMILES string of the molecule is CNc1c(C2CO2)ccc2c1COC2=O. The van der Waals surface area contributed by atoms with Gasteiger partial charge in [-0.2, -0.15) is 0 Å². The van der Waals surface area contributed by atoms with Crippen molar-refractivity contribution >= 4 is 11.7 Å². The van der Waals surface area contributed by atoms with E-state index in [0.29, 0.717) is 12.2 Å². The third-order valence-electron chi connectivity index (χ3n) is 2.84. The molecule has 0 amide bonds. The van der Waals surface area contributed by atoms with E-state index in [9.17, 15) is 4.79 Å². The highest BCUT2D eigenvalue weighted by Crippen LogP contribution is 2.39. The molecule has 1 fully saturated rings. The number of carbonyl (C=O) groups is 1. The lowest BCUT2D eigenvalue weighted by molar-refractivity contribution is 0.0535. The number of ether oxygens (including phenoxy) is 2. The Morgan fingerprint density at radius 2 is 2.27 bits per heavy atom. The molecule has 1 N–H and O–H groups in total. The van der Waals surface area contributed by atoms with E-state index in [-0.39, 0.29) is 12.1 Å². The van der Waals surface area contributed by atoms with E-state index in [1.165, 1.54) is 0 Å². The smallest absolute Gasteiger partial charge is 0.338 e. The molecule has 15 heavy (non-hydrogen) atoms. The lowest BCUT2D eigenvalue weighted by atomic mass is 10.0. The third-order valence-corrected chi connectivity index (χ3v) is 2.84. The van der Waals surface area contributed by atoms with Crippen LogP contribution in [-0.2, 0) is 16.1 Å². The minimum Gasteiger partial charge on any atom is -0.457 e. The molecule has 0 aliphatic carbocycles. The number of anilines is 1. The molecule has 0 bridgehead atoms. The van der Waals surface area contributed by atoms with Gasteiger partial charge in [0.15, 0.2) is 0 Å². The van der Waals surface area contributed by atoms with Crippen LogP contribution in [0.25, 0.3) is 0 Å². The van der Waals surface area contributed by atoms with Gasteiger partial charge < -0.3 is 14.8 Å². The predicted octanol–water partition coefficient (Wildman–Crippen LogP) is 1.47. The monoisotopic (exact) mass is 205 g/mol. The molecule has 4 heteroatoms. The molecule has 0 radical (unpaired) electrons. The molecule has 78 valence electrons. The summed E-state index contributed by atoms with van der Waals surface area (Å²) >= 11 is 0. The summed E-state index contributed by atoms with van der Waals surface area (Å²) in [5.41, 5.74) is 3.73. The second-order valence-electron chi connectivity index (χ2n) is 3.70. The second-order valence-corrected chi connectivity index (χ2v) is 3.70. The van der Waals surface area contributed by atoms with Crippen molar-refractivity contribution in [1.82, 2.24) is 0 Å². The molecule has 2 heterocycles. The molecular weight excluding hydrogens is 194 g/mol. The molecule has 0 saturated carbocycles. The molecule has 3 rings (SSSR count). The number of esters is 1. The average molecular weight is 205 g/mol. The second kappa shape index (κ2) is 2.97. The first-order chi connectivity index (χ1) is 7.31. The van der Waals surface area contributed by atoms with Gasteiger partial charge in [-0.1, -0.05) is 6.07 Å². The zero-order valence-corrected chi connectivity index (χ0v) is 8.37. The molecule has 1 aromatic rings. The predicted molar refractivity (Wildman–Crippen MR) is 53.8 cm³/mol. The van der Waals surface area contributed by atoms with Crippen LogP contribution in [0.5, 0.6) is 0 Å². The van der Waals surface area contributed by atoms with Gasteiger partial charge in [0, 0.05) is 23.9 Å². The Morgan fingerprint density at radius 1 is 1.47 bits per heavy atom. The maximum Gasteiger partial charge on any atom is 0.338 e. The van der Waals surface area contributed by atoms with Crippen LogP contribution in [0.4, 0.5) is 5.69 Å². The fourth-order valence-electron chi connectivity index (χ4n) is 2.01. The molecule has 0 spiro atoms. The number of cyclic esters (lactones) is 1.